The van der Waals surface area contributed by atoms with E-state index in [9.17, 15) is 4.79 Å². The molecule has 3 rings (SSSR count). The van der Waals surface area contributed by atoms with Gasteiger partial charge in [-0.3, -0.25) is 4.79 Å². The predicted octanol–water partition coefficient (Wildman–Crippen LogP) is 3.70. The molecular formula is C20H24N2O2. The van der Waals surface area contributed by atoms with E-state index in [-0.39, 0.29) is 5.91 Å². The maximum absolute atomic E-state index is 12.7. The van der Waals surface area contributed by atoms with Crippen LogP contribution in [0.1, 0.15) is 27.0 Å². The lowest BCUT2D eigenvalue weighted by molar-refractivity contribution is 0.102. The molecule has 0 atom stereocenters. The highest BCUT2D eigenvalue weighted by Gasteiger charge is 2.17. The molecule has 1 amide bonds. The zero-order valence-corrected chi connectivity index (χ0v) is 14.6. The van der Waals surface area contributed by atoms with Gasteiger partial charge in [-0.05, 0) is 61.7 Å². The molecule has 24 heavy (non-hydrogen) atoms. The average molecular weight is 324 g/mol. The molecule has 0 radical (unpaired) electrons. The number of morpholine rings is 1. The lowest BCUT2D eigenvalue weighted by Gasteiger charge is -2.30. The molecule has 0 unspecified atom stereocenters. The molecule has 1 heterocycles. The summed E-state index contributed by atoms with van der Waals surface area (Å²) in [5.41, 5.74) is 6.05. The van der Waals surface area contributed by atoms with Crippen molar-refractivity contribution in [3.63, 3.8) is 0 Å². The molecule has 1 aliphatic heterocycles. The molecule has 2 aromatic carbocycles. The average Bonchev–Trinajstić information content (AvgIpc) is 2.58. The van der Waals surface area contributed by atoms with E-state index < -0.39 is 0 Å². The summed E-state index contributed by atoms with van der Waals surface area (Å²) in [6.45, 7) is 9.24. The molecule has 4 nitrogen and oxygen atoms in total. The fourth-order valence-electron chi connectivity index (χ4n) is 2.91. The van der Waals surface area contributed by atoms with Gasteiger partial charge in [0, 0.05) is 18.7 Å². The van der Waals surface area contributed by atoms with Gasteiger partial charge in [0.25, 0.3) is 5.91 Å². The van der Waals surface area contributed by atoms with Gasteiger partial charge in [-0.15, -0.1) is 0 Å². The molecule has 0 bridgehead atoms. The number of carbonyl (C=O) groups is 1. The first-order chi connectivity index (χ1) is 11.5. The van der Waals surface area contributed by atoms with Crippen molar-refractivity contribution in [3.8, 4) is 0 Å². The summed E-state index contributed by atoms with van der Waals surface area (Å²) >= 11 is 0. The Morgan fingerprint density at radius 3 is 2.46 bits per heavy atom. The predicted molar refractivity (Wildman–Crippen MR) is 98.1 cm³/mol. The zero-order chi connectivity index (χ0) is 17.1. The van der Waals surface area contributed by atoms with Gasteiger partial charge in [-0.25, -0.2) is 0 Å². The van der Waals surface area contributed by atoms with Gasteiger partial charge in [-0.1, -0.05) is 12.1 Å². The van der Waals surface area contributed by atoms with Gasteiger partial charge < -0.3 is 15.0 Å². The van der Waals surface area contributed by atoms with Crippen molar-refractivity contribution in [1.29, 1.82) is 0 Å². The molecule has 0 spiro atoms. The van der Waals surface area contributed by atoms with Crippen molar-refractivity contribution in [2.45, 2.75) is 20.8 Å². The van der Waals surface area contributed by atoms with E-state index >= 15 is 0 Å². The number of hydrogen-bond donors (Lipinski definition) is 1. The third-order valence-electron chi connectivity index (χ3n) is 4.52. The first-order valence-electron chi connectivity index (χ1n) is 8.36. The maximum Gasteiger partial charge on any atom is 0.255 e. The minimum Gasteiger partial charge on any atom is -0.378 e. The first-order valence-corrected chi connectivity index (χ1v) is 8.36. The third-order valence-corrected chi connectivity index (χ3v) is 4.52. The Morgan fingerprint density at radius 2 is 1.75 bits per heavy atom. The standard InChI is InChI=1S/C20H24N2O2/c1-14-4-7-19(22-8-10-24-11-9-22)18(12-14)21-20(23)17-6-5-15(2)16(3)13-17/h4-7,12-13H,8-11H2,1-3H3,(H,21,23). The van der Waals surface area contributed by atoms with Gasteiger partial charge in [0.2, 0.25) is 0 Å². The summed E-state index contributed by atoms with van der Waals surface area (Å²) in [4.78, 5) is 14.9. The number of nitrogens with zero attached hydrogens (tertiary/aromatic N) is 1. The Kier molecular flexibility index (Phi) is 4.86. The second-order valence-electron chi connectivity index (χ2n) is 6.37. The summed E-state index contributed by atoms with van der Waals surface area (Å²) in [5.74, 6) is -0.0711. The minimum atomic E-state index is -0.0711. The molecule has 1 N–H and O–H groups in total. The first kappa shape index (κ1) is 16.5. The highest BCUT2D eigenvalue weighted by molar-refractivity contribution is 6.06. The molecule has 1 fully saturated rings. The van der Waals surface area contributed by atoms with Gasteiger partial charge in [-0.2, -0.15) is 0 Å². The lowest BCUT2D eigenvalue weighted by Crippen LogP contribution is -2.36. The molecular weight excluding hydrogens is 300 g/mol. The van der Waals surface area contributed by atoms with Crippen LogP contribution in [-0.4, -0.2) is 32.2 Å². The third kappa shape index (κ3) is 3.60. The Labute approximate surface area is 143 Å². The summed E-state index contributed by atoms with van der Waals surface area (Å²) in [6.07, 6.45) is 0. The van der Waals surface area contributed by atoms with Crippen molar-refractivity contribution in [2.24, 2.45) is 0 Å². The summed E-state index contributed by atoms with van der Waals surface area (Å²) in [6, 6.07) is 12.0. The fraction of sp³-hybridized carbons (Fsp3) is 0.350. The van der Waals surface area contributed by atoms with Gasteiger partial charge in [0.15, 0.2) is 0 Å². The summed E-state index contributed by atoms with van der Waals surface area (Å²) in [5, 5.41) is 3.09. The van der Waals surface area contributed by atoms with E-state index in [0.29, 0.717) is 5.56 Å². The van der Waals surface area contributed by atoms with Crippen molar-refractivity contribution >= 4 is 17.3 Å². The number of anilines is 2. The number of rotatable bonds is 3. The Bertz CT molecular complexity index is 749. The molecule has 126 valence electrons. The molecule has 0 saturated carbocycles. The highest BCUT2D eigenvalue weighted by atomic mass is 16.5. The number of amides is 1. The second kappa shape index (κ2) is 7.05. The van der Waals surface area contributed by atoms with Crippen molar-refractivity contribution in [1.82, 2.24) is 0 Å². The molecule has 1 aliphatic rings. The van der Waals surface area contributed by atoms with Gasteiger partial charge >= 0.3 is 0 Å². The van der Waals surface area contributed by atoms with Crippen LogP contribution >= 0.6 is 0 Å². The van der Waals surface area contributed by atoms with Crippen molar-refractivity contribution in [3.05, 3.63) is 58.7 Å². The quantitative estimate of drug-likeness (QED) is 0.936. The van der Waals surface area contributed by atoms with E-state index in [1.54, 1.807) is 0 Å². The topological polar surface area (TPSA) is 41.6 Å². The Morgan fingerprint density at radius 1 is 1.00 bits per heavy atom. The van der Waals surface area contributed by atoms with Crippen LogP contribution in [0.4, 0.5) is 11.4 Å². The smallest absolute Gasteiger partial charge is 0.255 e. The van der Waals surface area contributed by atoms with Crippen LogP contribution in [0.15, 0.2) is 36.4 Å². The molecule has 0 aliphatic carbocycles. The normalized spacial score (nSPS) is 14.5. The molecule has 0 aromatic heterocycles. The monoisotopic (exact) mass is 324 g/mol. The molecule has 1 saturated heterocycles. The number of aryl methyl sites for hydroxylation is 3. The van der Waals surface area contributed by atoms with Crippen LogP contribution in [0.2, 0.25) is 0 Å². The van der Waals surface area contributed by atoms with Crippen LogP contribution in [0.25, 0.3) is 0 Å². The van der Waals surface area contributed by atoms with Crippen LogP contribution in [-0.2, 0) is 4.74 Å². The van der Waals surface area contributed by atoms with Gasteiger partial charge in [0.05, 0.1) is 24.6 Å². The minimum absolute atomic E-state index is 0.0711. The van der Waals surface area contributed by atoms with Crippen LogP contribution in [0.5, 0.6) is 0 Å². The SMILES string of the molecule is Cc1ccc(N2CCOCC2)c(NC(=O)c2ccc(C)c(C)c2)c1. The number of carbonyl (C=O) groups excluding carboxylic acids is 1. The van der Waals surface area contributed by atoms with Crippen LogP contribution in [0.3, 0.4) is 0 Å². The maximum atomic E-state index is 12.7. The fourth-order valence-corrected chi connectivity index (χ4v) is 2.91. The largest absolute Gasteiger partial charge is 0.378 e. The van der Waals surface area contributed by atoms with E-state index in [4.69, 9.17) is 4.74 Å². The van der Waals surface area contributed by atoms with E-state index in [2.05, 4.69) is 22.3 Å². The molecule has 4 heteroatoms. The lowest BCUT2D eigenvalue weighted by atomic mass is 10.1. The second-order valence-corrected chi connectivity index (χ2v) is 6.37. The highest BCUT2D eigenvalue weighted by Crippen LogP contribution is 2.28. The number of ether oxygens (including phenoxy) is 1. The molecule has 2 aromatic rings. The van der Waals surface area contributed by atoms with Crippen molar-refractivity contribution < 1.29 is 9.53 Å². The van der Waals surface area contributed by atoms with E-state index in [1.165, 1.54) is 5.56 Å². The van der Waals surface area contributed by atoms with Crippen LogP contribution in [0, 0.1) is 20.8 Å². The summed E-state index contributed by atoms with van der Waals surface area (Å²) in [7, 11) is 0. The van der Waals surface area contributed by atoms with Crippen LogP contribution < -0.4 is 10.2 Å². The van der Waals surface area contributed by atoms with E-state index in [0.717, 1.165) is 48.8 Å². The summed E-state index contributed by atoms with van der Waals surface area (Å²) < 4.78 is 5.43. The Hall–Kier alpha value is -2.33. The number of hydrogen-bond acceptors (Lipinski definition) is 3. The number of benzene rings is 2. The zero-order valence-electron chi connectivity index (χ0n) is 14.6. The number of nitrogens with one attached hydrogen (secondary N) is 1. The van der Waals surface area contributed by atoms with Crippen molar-refractivity contribution in [2.75, 3.05) is 36.5 Å². The Balaban J connectivity index is 1.86. The van der Waals surface area contributed by atoms with Gasteiger partial charge in [0.1, 0.15) is 0 Å². The van der Waals surface area contributed by atoms with E-state index in [1.807, 2.05) is 45.0 Å².